The number of hydrogen-bond donors (Lipinski definition) is 1. The lowest BCUT2D eigenvalue weighted by Crippen LogP contribution is -2.46. The number of hydrogen-bond acceptors (Lipinski definition) is 5. The van der Waals surface area contributed by atoms with Gasteiger partial charge in [0.25, 0.3) is 0 Å². The molecule has 6 heteroatoms. The molecule has 6 nitrogen and oxygen atoms in total. The molecule has 1 atom stereocenters. The van der Waals surface area contributed by atoms with Gasteiger partial charge in [0.05, 0.1) is 7.11 Å². The number of benzene rings is 1. The van der Waals surface area contributed by atoms with Crippen molar-refractivity contribution in [3.05, 3.63) is 35.9 Å². The van der Waals surface area contributed by atoms with Crippen LogP contribution in [0.15, 0.2) is 30.3 Å². The van der Waals surface area contributed by atoms with E-state index in [2.05, 4.69) is 5.32 Å². The van der Waals surface area contributed by atoms with Gasteiger partial charge in [-0.1, -0.05) is 30.3 Å². The summed E-state index contributed by atoms with van der Waals surface area (Å²) in [7, 11) is 1.33. The fourth-order valence-electron chi connectivity index (χ4n) is 2.28. The van der Waals surface area contributed by atoms with Crippen LogP contribution in [0.5, 0.6) is 0 Å². The molecule has 1 amide bonds. The molecule has 114 valence electrons. The van der Waals surface area contributed by atoms with Crippen LogP contribution in [0, 0.1) is 0 Å². The standard InChI is InChI=1S/C15H20N2O4/c1-20-14(18)13-7-8-16-9-10-17(13)15(19)21-11-12-5-3-2-4-6-12/h2-6,13,16H,7-11H2,1H3. The van der Waals surface area contributed by atoms with Gasteiger partial charge in [0, 0.05) is 13.1 Å². The van der Waals surface area contributed by atoms with Gasteiger partial charge in [0.15, 0.2) is 0 Å². The van der Waals surface area contributed by atoms with Gasteiger partial charge >= 0.3 is 12.1 Å². The van der Waals surface area contributed by atoms with Crippen LogP contribution >= 0.6 is 0 Å². The number of rotatable bonds is 3. The number of nitrogens with one attached hydrogen (secondary N) is 1. The Balaban J connectivity index is 1.98. The highest BCUT2D eigenvalue weighted by atomic mass is 16.6. The number of nitrogens with zero attached hydrogens (tertiary/aromatic N) is 1. The van der Waals surface area contributed by atoms with Crippen LogP contribution in [0.3, 0.4) is 0 Å². The molecular weight excluding hydrogens is 272 g/mol. The van der Waals surface area contributed by atoms with Crippen molar-refractivity contribution in [1.82, 2.24) is 10.2 Å². The van der Waals surface area contributed by atoms with E-state index < -0.39 is 18.1 Å². The zero-order chi connectivity index (χ0) is 15.1. The Hall–Kier alpha value is -2.08. The minimum absolute atomic E-state index is 0.192. The summed E-state index contributed by atoms with van der Waals surface area (Å²) in [5.41, 5.74) is 0.911. The van der Waals surface area contributed by atoms with Crippen molar-refractivity contribution < 1.29 is 19.1 Å². The monoisotopic (exact) mass is 292 g/mol. The molecule has 1 fully saturated rings. The number of carbonyl (C=O) groups excluding carboxylic acids is 2. The normalized spacial score (nSPS) is 18.7. The van der Waals surface area contributed by atoms with Crippen molar-refractivity contribution >= 4 is 12.1 Å². The van der Waals surface area contributed by atoms with Crippen LogP contribution in [0.1, 0.15) is 12.0 Å². The van der Waals surface area contributed by atoms with Crippen LogP contribution in [-0.4, -0.2) is 49.7 Å². The Morgan fingerprint density at radius 3 is 2.76 bits per heavy atom. The Kier molecular flexibility index (Phi) is 5.57. The van der Waals surface area contributed by atoms with E-state index in [1.165, 1.54) is 12.0 Å². The van der Waals surface area contributed by atoms with Crippen LogP contribution in [0.2, 0.25) is 0 Å². The Morgan fingerprint density at radius 2 is 2.05 bits per heavy atom. The van der Waals surface area contributed by atoms with Crippen LogP contribution < -0.4 is 5.32 Å². The number of ether oxygens (including phenoxy) is 2. The molecule has 0 radical (unpaired) electrons. The fourth-order valence-corrected chi connectivity index (χ4v) is 2.28. The third kappa shape index (κ3) is 4.19. The zero-order valence-corrected chi connectivity index (χ0v) is 12.1. The van der Waals surface area contributed by atoms with E-state index in [9.17, 15) is 9.59 Å². The largest absolute Gasteiger partial charge is 0.467 e. The van der Waals surface area contributed by atoms with Crippen LogP contribution in [0.4, 0.5) is 4.79 Å². The van der Waals surface area contributed by atoms with E-state index in [-0.39, 0.29) is 6.61 Å². The maximum Gasteiger partial charge on any atom is 0.410 e. The highest BCUT2D eigenvalue weighted by Crippen LogP contribution is 2.12. The molecule has 0 aromatic heterocycles. The first-order valence-corrected chi connectivity index (χ1v) is 6.98. The summed E-state index contributed by atoms with van der Waals surface area (Å²) in [6, 6.07) is 8.85. The molecule has 1 N–H and O–H groups in total. The van der Waals surface area contributed by atoms with E-state index >= 15 is 0 Å². The van der Waals surface area contributed by atoms with Crippen LogP contribution in [0.25, 0.3) is 0 Å². The second-order valence-electron chi connectivity index (χ2n) is 4.81. The summed E-state index contributed by atoms with van der Waals surface area (Å²) in [6.45, 7) is 1.92. The van der Waals surface area contributed by atoms with Gasteiger partial charge in [0.1, 0.15) is 12.6 Å². The highest BCUT2D eigenvalue weighted by molar-refractivity contribution is 5.81. The molecule has 1 aromatic carbocycles. The highest BCUT2D eigenvalue weighted by Gasteiger charge is 2.32. The van der Waals surface area contributed by atoms with Crippen molar-refractivity contribution in [2.24, 2.45) is 0 Å². The Labute approximate surface area is 124 Å². The molecule has 1 aliphatic heterocycles. The third-order valence-electron chi connectivity index (χ3n) is 3.41. The Morgan fingerprint density at radius 1 is 1.29 bits per heavy atom. The number of amides is 1. The molecule has 1 saturated heterocycles. The second kappa shape index (κ2) is 7.64. The summed E-state index contributed by atoms with van der Waals surface area (Å²) in [5, 5.41) is 3.16. The topological polar surface area (TPSA) is 67.9 Å². The van der Waals surface area contributed by atoms with E-state index in [1.807, 2.05) is 30.3 Å². The minimum atomic E-state index is -0.590. The summed E-state index contributed by atoms with van der Waals surface area (Å²) < 4.78 is 10.1. The maximum atomic E-state index is 12.2. The summed E-state index contributed by atoms with van der Waals surface area (Å²) >= 11 is 0. The molecule has 1 aromatic rings. The summed E-state index contributed by atoms with van der Waals surface area (Å²) in [6.07, 6.45) is 0.0329. The number of esters is 1. The van der Waals surface area contributed by atoms with E-state index in [0.29, 0.717) is 26.1 Å². The van der Waals surface area contributed by atoms with Crippen molar-refractivity contribution in [3.8, 4) is 0 Å². The molecule has 2 rings (SSSR count). The van der Waals surface area contributed by atoms with Crippen molar-refractivity contribution in [2.45, 2.75) is 19.1 Å². The lowest BCUT2D eigenvalue weighted by Gasteiger charge is -2.26. The van der Waals surface area contributed by atoms with Crippen LogP contribution in [-0.2, 0) is 20.9 Å². The van der Waals surface area contributed by atoms with Gasteiger partial charge in [-0.3, -0.25) is 4.90 Å². The smallest absolute Gasteiger partial charge is 0.410 e. The molecule has 21 heavy (non-hydrogen) atoms. The predicted molar refractivity (Wildman–Crippen MR) is 76.6 cm³/mol. The zero-order valence-electron chi connectivity index (χ0n) is 12.1. The van der Waals surface area contributed by atoms with E-state index in [0.717, 1.165) is 5.56 Å². The van der Waals surface area contributed by atoms with Gasteiger partial charge < -0.3 is 14.8 Å². The minimum Gasteiger partial charge on any atom is -0.467 e. The van der Waals surface area contributed by atoms with Gasteiger partial charge in [-0.2, -0.15) is 0 Å². The molecule has 0 bridgehead atoms. The number of methoxy groups -OCH3 is 1. The molecule has 1 heterocycles. The first-order chi connectivity index (χ1) is 10.2. The quantitative estimate of drug-likeness (QED) is 0.847. The van der Waals surface area contributed by atoms with Crippen molar-refractivity contribution in [1.29, 1.82) is 0 Å². The maximum absolute atomic E-state index is 12.2. The molecule has 1 unspecified atom stereocenters. The second-order valence-corrected chi connectivity index (χ2v) is 4.81. The van der Waals surface area contributed by atoms with Gasteiger partial charge in [-0.25, -0.2) is 9.59 Å². The average molecular weight is 292 g/mol. The fraction of sp³-hybridized carbons (Fsp3) is 0.467. The summed E-state index contributed by atoms with van der Waals surface area (Å²) in [4.78, 5) is 25.5. The lowest BCUT2D eigenvalue weighted by molar-refractivity contribution is -0.146. The van der Waals surface area contributed by atoms with E-state index in [1.54, 1.807) is 0 Å². The number of carbonyl (C=O) groups is 2. The Bertz CT molecular complexity index is 478. The first-order valence-electron chi connectivity index (χ1n) is 6.98. The first kappa shape index (κ1) is 15.3. The predicted octanol–water partition coefficient (Wildman–Crippen LogP) is 1.16. The average Bonchev–Trinajstić information content (AvgIpc) is 2.78. The van der Waals surface area contributed by atoms with Gasteiger partial charge in [0.2, 0.25) is 0 Å². The molecular formula is C15H20N2O4. The van der Waals surface area contributed by atoms with Gasteiger partial charge in [-0.05, 0) is 18.5 Å². The lowest BCUT2D eigenvalue weighted by atomic mass is 10.2. The SMILES string of the molecule is COC(=O)C1CCNCCN1C(=O)OCc1ccccc1. The van der Waals surface area contributed by atoms with Crippen molar-refractivity contribution in [2.75, 3.05) is 26.7 Å². The molecule has 0 aliphatic carbocycles. The third-order valence-corrected chi connectivity index (χ3v) is 3.41. The van der Waals surface area contributed by atoms with E-state index in [4.69, 9.17) is 9.47 Å². The molecule has 0 saturated carbocycles. The summed E-state index contributed by atoms with van der Waals surface area (Å²) in [5.74, 6) is -0.407. The van der Waals surface area contributed by atoms with Crippen molar-refractivity contribution in [3.63, 3.8) is 0 Å². The van der Waals surface area contributed by atoms with Gasteiger partial charge in [-0.15, -0.1) is 0 Å². The molecule has 1 aliphatic rings. The molecule has 0 spiro atoms.